The van der Waals surface area contributed by atoms with Crippen LogP contribution in [0.25, 0.3) is 5.57 Å². The fraction of sp³-hybridized carbons (Fsp3) is 0.263. The first-order valence-corrected chi connectivity index (χ1v) is 9.35. The molecule has 2 aromatic rings. The number of methoxy groups -OCH3 is 1. The van der Waals surface area contributed by atoms with Crippen molar-refractivity contribution in [3.8, 4) is 5.75 Å². The van der Waals surface area contributed by atoms with E-state index >= 15 is 0 Å². The number of benzene rings is 2. The number of aryl methyl sites for hydroxylation is 1. The third-order valence-corrected chi connectivity index (χ3v) is 6.07. The number of ether oxygens (including phenoxy) is 1. The average molecular weight is 343 g/mol. The molecule has 0 aliphatic carbocycles. The molecule has 0 aromatic heterocycles. The predicted molar refractivity (Wildman–Crippen MR) is 95.5 cm³/mol. The summed E-state index contributed by atoms with van der Waals surface area (Å²) in [7, 11) is -1.85. The van der Waals surface area contributed by atoms with E-state index in [2.05, 4.69) is 6.08 Å². The van der Waals surface area contributed by atoms with Crippen molar-refractivity contribution in [1.29, 1.82) is 0 Å². The molecule has 1 aliphatic rings. The monoisotopic (exact) mass is 343 g/mol. The topological polar surface area (TPSA) is 46.6 Å². The van der Waals surface area contributed by atoms with Gasteiger partial charge in [0.1, 0.15) is 5.75 Å². The molecule has 24 heavy (non-hydrogen) atoms. The largest absolute Gasteiger partial charge is 0.497 e. The van der Waals surface area contributed by atoms with Crippen molar-refractivity contribution in [3.05, 3.63) is 65.7 Å². The Morgan fingerprint density at radius 1 is 1.08 bits per heavy atom. The van der Waals surface area contributed by atoms with E-state index in [0.29, 0.717) is 24.4 Å². The van der Waals surface area contributed by atoms with E-state index in [1.807, 2.05) is 43.3 Å². The van der Waals surface area contributed by atoms with Gasteiger partial charge in [0.25, 0.3) is 0 Å². The van der Waals surface area contributed by atoms with E-state index in [-0.39, 0.29) is 0 Å². The van der Waals surface area contributed by atoms with Crippen LogP contribution in [-0.4, -0.2) is 32.9 Å². The Morgan fingerprint density at radius 3 is 2.54 bits per heavy atom. The van der Waals surface area contributed by atoms with Gasteiger partial charge < -0.3 is 4.74 Å². The Bertz CT molecular complexity index is 854. The second kappa shape index (κ2) is 6.79. The maximum Gasteiger partial charge on any atom is 0.243 e. The molecule has 0 spiro atoms. The first-order valence-electron chi connectivity index (χ1n) is 7.91. The van der Waals surface area contributed by atoms with Gasteiger partial charge in [0.2, 0.25) is 10.0 Å². The maximum absolute atomic E-state index is 12.9. The molecule has 0 saturated heterocycles. The van der Waals surface area contributed by atoms with E-state index in [4.69, 9.17) is 4.74 Å². The van der Waals surface area contributed by atoms with Crippen LogP contribution in [0.2, 0.25) is 0 Å². The van der Waals surface area contributed by atoms with Gasteiger partial charge in [-0.1, -0.05) is 35.9 Å². The van der Waals surface area contributed by atoms with Crippen LogP contribution >= 0.6 is 0 Å². The fourth-order valence-corrected chi connectivity index (χ4v) is 4.25. The molecule has 0 fully saturated rings. The Morgan fingerprint density at radius 2 is 1.83 bits per heavy atom. The third kappa shape index (κ3) is 3.37. The highest BCUT2D eigenvalue weighted by Gasteiger charge is 2.27. The van der Waals surface area contributed by atoms with Gasteiger partial charge in [-0.3, -0.25) is 0 Å². The number of rotatable bonds is 4. The van der Waals surface area contributed by atoms with Gasteiger partial charge >= 0.3 is 0 Å². The standard InChI is InChI=1S/C19H21NO3S/c1-15-8-10-19(11-9-15)24(21,22)20-12-4-6-17(14-20)16-5-3-7-18(13-16)23-2/h3,5-11,13H,4,12,14H2,1-2H3. The molecule has 4 nitrogen and oxygen atoms in total. The number of nitrogens with zero attached hydrogens (tertiary/aromatic N) is 1. The van der Waals surface area contributed by atoms with Crippen molar-refractivity contribution in [2.45, 2.75) is 18.2 Å². The molecule has 2 aromatic carbocycles. The van der Waals surface area contributed by atoms with Crippen LogP contribution < -0.4 is 4.74 Å². The summed E-state index contributed by atoms with van der Waals surface area (Å²) in [6.45, 7) is 2.83. The molecule has 1 aliphatic heterocycles. The Labute approximate surface area is 143 Å². The zero-order chi connectivity index (χ0) is 17.2. The smallest absolute Gasteiger partial charge is 0.243 e. The Balaban J connectivity index is 1.86. The summed E-state index contributed by atoms with van der Waals surface area (Å²) in [5.74, 6) is 0.770. The molecule has 0 saturated carbocycles. The summed E-state index contributed by atoms with van der Waals surface area (Å²) in [4.78, 5) is 0.347. The van der Waals surface area contributed by atoms with Crippen molar-refractivity contribution in [2.75, 3.05) is 20.2 Å². The van der Waals surface area contributed by atoms with Gasteiger partial charge in [-0.25, -0.2) is 8.42 Å². The van der Waals surface area contributed by atoms with E-state index in [1.54, 1.807) is 23.5 Å². The first kappa shape index (κ1) is 16.7. The Kier molecular flexibility index (Phi) is 4.73. The quantitative estimate of drug-likeness (QED) is 0.854. The Hall–Kier alpha value is -2.11. The molecule has 0 radical (unpaired) electrons. The molecule has 0 amide bonds. The van der Waals surface area contributed by atoms with Crippen LogP contribution in [0.1, 0.15) is 17.5 Å². The average Bonchev–Trinajstić information content (AvgIpc) is 2.62. The summed E-state index contributed by atoms with van der Waals surface area (Å²) in [5.41, 5.74) is 3.05. The minimum absolute atomic E-state index is 0.347. The van der Waals surface area contributed by atoms with Crippen molar-refractivity contribution in [1.82, 2.24) is 4.31 Å². The van der Waals surface area contributed by atoms with Gasteiger partial charge in [-0.2, -0.15) is 4.31 Å². The van der Waals surface area contributed by atoms with E-state index < -0.39 is 10.0 Å². The molecular formula is C19H21NO3S. The minimum atomic E-state index is -3.47. The highest BCUT2D eigenvalue weighted by molar-refractivity contribution is 7.89. The lowest BCUT2D eigenvalue weighted by Gasteiger charge is -2.27. The van der Waals surface area contributed by atoms with Crippen LogP contribution in [0.4, 0.5) is 0 Å². The van der Waals surface area contributed by atoms with Gasteiger partial charge in [0.05, 0.1) is 12.0 Å². The summed E-state index contributed by atoms with van der Waals surface area (Å²) < 4.78 is 32.6. The van der Waals surface area contributed by atoms with Gasteiger partial charge in [0.15, 0.2) is 0 Å². The van der Waals surface area contributed by atoms with Crippen molar-refractivity contribution in [3.63, 3.8) is 0 Å². The number of hydrogen-bond donors (Lipinski definition) is 0. The second-order valence-corrected chi connectivity index (χ2v) is 7.84. The van der Waals surface area contributed by atoms with E-state index in [9.17, 15) is 8.42 Å². The van der Waals surface area contributed by atoms with Gasteiger partial charge in [-0.05, 0) is 48.7 Å². The molecule has 5 heteroatoms. The molecule has 3 rings (SSSR count). The van der Waals surface area contributed by atoms with Crippen LogP contribution in [0.15, 0.2) is 59.5 Å². The maximum atomic E-state index is 12.9. The second-order valence-electron chi connectivity index (χ2n) is 5.90. The number of hydrogen-bond acceptors (Lipinski definition) is 3. The van der Waals surface area contributed by atoms with Crippen molar-refractivity contribution in [2.24, 2.45) is 0 Å². The lowest BCUT2D eigenvalue weighted by molar-refractivity contribution is 0.414. The molecule has 0 unspecified atom stereocenters. The van der Waals surface area contributed by atoms with Crippen LogP contribution in [0.3, 0.4) is 0 Å². The number of sulfonamides is 1. The third-order valence-electron chi connectivity index (χ3n) is 4.22. The normalized spacial score (nSPS) is 15.8. The van der Waals surface area contributed by atoms with Crippen molar-refractivity contribution >= 4 is 15.6 Å². The summed E-state index contributed by atoms with van der Waals surface area (Å²) in [5, 5.41) is 0. The fourth-order valence-electron chi connectivity index (χ4n) is 2.81. The lowest BCUT2D eigenvalue weighted by atomic mass is 10.0. The molecule has 1 heterocycles. The van der Waals surface area contributed by atoms with E-state index in [0.717, 1.165) is 22.4 Å². The highest BCUT2D eigenvalue weighted by Crippen LogP contribution is 2.27. The van der Waals surface area contributed by atoms with Crippen LogP contribution in [0, 0.1) is 6.92 Å². The van der Waals surface area contributed by atoms with Gasteiger partial charge in [0, 0.05) is 13.1 Å². The molecule has 126 valence electrons. The zero-order valence-electron chi connectivity index (χ0n) is 13.9. The molecule has 0 N–H and O–H groups in total. The van der Waals surface area contributed by atoms with Crippen molar-refractivity contribution < 1.29 is 13.2 Å². The molecule has 0 atom stereocenters. The molecule has 0 bridgehead atoms. The summed E-state index contributed by atoms with van der Waals surface area (Å²) in [6, 6.07) is 14.7. The van der Waals surface area contributed by atoms with Crippen LogP contribution in [0.5, 0.6) is 5.75 Å². The zero-order valence-corrected chi connectivity index (χ0v) is 14.7. The predicted octanol–water partition coefficient (Wildman–Crippen LogP) is 3.48. The lowest BCUT2D eigenvalue weighted by Crippen LogP contribution is -2.35. The van der Waals surface area contributed by atoms with E-state index in [1.165, 1.54) is 0 Å². The minimum Gasteiger partial charge on any atom is -0.497 e. The highest BCUT2D eigenvalue weighted by atomic mass is 32.2. The summed E-state index contributed by atoms with van der Waals surface area (Å²) in [6.07, 6.45) is 2.81. The van der Waals surface area contributed by atoms with Gasteiger partial charge in [-0.15, -0.1) is 0 Å². The van der Waals surface area contributed by atoms with Crippen LogP contribution in [-0.2, 0) is 10.0 Å². The molecular weight excluding hydrogens is 322 g/mol. The summed E-state index contributed by atoms with van der Waals surface area (Å²) >= 11 is 0. The first-order chi connectivity index (χ1) is 11.5. The SMILES string of the molecule is COc1cccc(C2=CCCN(S(=O)(=O)c3ccc(C)cc3)C2)c1.